The summed E-state index contributed by atoms with van der Waals surface area (Å²) >= 11 is 6.90. The van der Waals surface area contributed by atoms with Crippen LogP contribution >= 0.6 is 23.4 Å². The molecule has 0 atom stereocenters. The summed E-state index contributed by atoms with van der Waals surface area (Å²) in [5, 5.41) is 0. The van der Waals surface area contributed by atoms with Gasteiger partial charge in [-0.05, 0) is 36.4 Å². The predicted octanol–water partition coefficient (Wildman–Crippen LogP) is 3.70. The van der Waals surface area contributed by atoms with E-state index in [9.17, 15) is 21.6 Å². The van der Waals surface area contributed by atoms with Crippen LogP contribution in [0.4, 0.5) is 13.2 Å². The third-order valence-electron chi connectivity index (χ3n) is 1.99. The van der Waals surface area contributed by atoms with E-state index in [2.05, 4.69) is 0 Å². The van der Waals surface area contributed by atoms with E-state index < -0.39 is 20.2 Å². The van der Waals surface area contributed by atoms with Gasteiger partial charge in [0.2, 0.25) is 0 Å². The molecule has 1 rings (SSSR count). The topological polar surface area (TPSA) is 34.1 Å². The molecule has 8 heteroatoms. The maximum atomic E-state index is 12.3. The van der Waals surface area contributed by atoms with Crippen molar-refractivity contribution in [2.24, 2.45) is 0 Å². The number of halogens is 4. The molecule has 102 valence electrons. The van der Waals surface area contributed by atoms with E-state index in [-0.39, 0.29) is 0 Å². The molecule has 0 fully saturated rings. The van der Waals surface area contributed by atoms with Crippen LogP contribution in [0.5, 0.6) is 0 Å². The van der Waals surface area contributed by atoms with E-state index in [1.165, 1.54) is 23.9 Å². The Bertz CT molecular complexity index is 483. The second kappa shape index (κ2) is 6.16. The highest BCUT2D eigenvalue weighted by molar-refractivity contribution is 7.99. The first-order chi connectivity index (χ1) is 8.29. The SMILES string of the molecule is O=S(=O)(c1ccc(SCCCCl)cc1)C(F)(F)F. The Balaban J connectivity index is 2.84. The van der Waals surface area contributed by atoms with Crippen LogP contribution in [0.15, 0.2) is 34.1 Å². The summed E-state index contributed by atoms with van der Waals surface area (Å²) < 4.78 is 58.9. The van der Waals surface area contributed by atoms with Gasteiger partial charge in [0.05, 0.1) is 4.90 Å². The molecule has 0 amide bonds. The monoisotopic (exact) mass is 318 g/mol. The van der Waals surface area contributed by atoms with Gasteiger partial charge in [-0.25, -0.2) is 8.42 Å². The molecule has 0 spiro atoms. The minimum absolute atomic E-state index is 0.507. The molecule has 0 aliphatic carbocycles. The van der Waals surface area contributed by atoms with Crippen molar-refractivity contribution in [1.29, 1.82) is 0 Å². The zero-order valence-electron chi connectivity index (χ0n) is 9.08. The number of hydrogen-bond acceptors (Lipinski definition) is 3. The van der Waals surface area contributed by atoms with Crippen LogP contribution < -0.4 is 0 Å². The highest BCUT2D eigenvalue weighted by atomic mass is 35.5. The van der Waals surface area contributed by atoms with E-state index in [1.807, 2.05) is 0 Å². The van der Waals surface area contributed by atoms with Crippen molar-refractivity contribution < 1.29 is 21.6 Å². The Kier molecular flexibility index (Phi) is 5.36. The van der Waals surface area contributed by atoms with E-state index in [4.69, 9.17) is 11.6 Å². The summed E-state index contributed by atoms with van der Waals surface area (Å²) in [5.41, 5.74) is -5.26. The molecule has 0 unspecified atom stereocenters. The Hall–Kier alpha value is -0.400. The summed E-state index contributed by atoms with van der Waals surface area (Å²) in [7, 11) is -5.25. The average molecular weight is 319 g/mol. The normalized spacial score (nSPS) is 12.7. The number of alkyl halides is 4. The molecule has 0 saturated heterocycles. The molecule has 0 aromatic heterocycles. The fourth-order valence-electron chi connectivity index (χ4n) is 1.09. The number of hydrogen-bond donors (Lipinski definition) is 0. The summed E-state index contributed by atoms with van der Waals surface area (Å²) in [6.45, 7) is 0. The van der Waals surface area contributed by atoms with E-state index in [1.54, 1.807) is 0 Å². The molecular formula is C10H10ClF3O2S2. The quantitative estimate of drug-likeness (QED) is 0.471. The van der Waals surface area contributed by atoms with E-state index >= 15 is 0 Å². The molecular weight excluding hydrogens is 309 g/mol. The largest absolute Gasteiger partial charge is 0.501 e. The highest BCUT2D eigenvalue weighted by Crippen LogP contribution is 2.31. The maximum Gasteiger partial charge on any atom is 0.501 e. The van der Waals surface area contributed by atoms with Crippen LogP contribution in [0, 0.1) is 0 Å². The van der Waals surface area contributed by atoms with Gasteiger partial charge >= 0.3 is 5.51 Å². The lowest BCUT2D eigenvalue weighted by atomic mass is 10.4. The predicted molar refractivity (Wildman–Crippen MR) is 65.7 cm³/mol. The zero-order chi connectivity index (χ0) is 13.8. The number of sulfone groups is 1. The number of benzene rings is 1. The minimum atomic E-state index is -5.26. The second-order valence-corrected chi connectivity index (χ2v) is 6.80. The molecule has 0 N–H and O–H groups in total. The van der Waals surface area contributed by atoms with Crippen molar-refractivity contribution in [2.75, 3.05) is 11.6 Å². The maximum absolute atomic E-state index is 12.3. The fourth-order valence-corrected chi connectivity index (χ4v) is 3.00. The van der Waals surface area contributed by atoms with Gasteiger partial charge in [0.1, 0.15) is 0 Å². The van der Waals surface area contributed by atoms with Crippen molar-refractivity contribution in [1.82, 2.24) is 0 Å². The van der Waals surface area contributed by atoms with Gasteiger partial charge in [-0.1, -0.05) is 0 Å². The number of rotatable bonds is 5. The highest BCUT2D eigenvalue weighted by Gasteiger charge is 2.46. The first-order valence-corrected chi connectivity index (χ1v) is 7.89. The van der Waals surface area contributed by atoms with Gasteiger partial charge in [0, 0.05) is 10.8 Å². The molecule has 1 aromatic carbocycles. The van der Waals surface area contributed by atoms with Crippen molar-refractivity contribution in [3.05, 3.63) is 24.3 Å². The van der Waals surface area contributed by atoms with Gasteiger partial charge in [-0.15, -0.1) is 23.4 Å². The molecule has 0 bridgehead atoms. The van der Waals surface area contributed by atoms with Crippen molar-refractivity contribution >= 4 is 33.2 Å². The molecule has 0 heterocycles. The Morgan fingerprint density at radius 1 is 1.17 bits per heavy atom. The van der Waals surface area contributed by atoms with Crippen molar-refractivity contribution in [2.45, 2.75) is 21.7 Å². The van der Waals surface area contributed by atoms with E-state index in [0.29, 0.717) is 10.8 Å². The standard InChI is InChI=1S/C10H10ClF3O2S2/c11-6-1-7-17-8-2-4-9(5-3-8)18(15,16)10(12,13)14/h2-5H,1,6-7H2. The second-order valence-electron chi connectivity index (χ2n) is 3.31. The Morgan fingerprint density at radius 2 is 1.72 bits per heavy atom. The third kappa shape index (κ3) is 3.80. The Labute approximate surface area is 112 Å². The smallest absolute Gasteiger partial charge is 0.214 e. The molecule has 18 heavy (non-hydrogen) atoms. The summed E-state index contributed by atoms with van der Waals surface area (Å²) in [6.07, 6.45) is 0.773. The van der Waals surface area contributed by atoms with E-state index in [0.717, 1.165) is 24.3 Å². The van der Waals surface area contributed by atoms with Crippen molar-refractivity contribution in [3.8, 4) is 0 Å². The van der Waals surface area contributed by atoms with Crippen LogP contribution in [0.3, 0.4) is 0 Å². The Morgan fingerprint density at radius 3 is 2.17 bits per heavy atom. The lowest BCUT2D eigenvalue weighted by Crippen LogP contribution is -2.23. The lowest BCUT2D eigenvalue weighted by Gasteiger charge is -2.08. The lowest BCUT2D eigenvalue weighted by molar-refractivity contribution is -0.0436. The fraction of sp³-hybridized carbons (Fsp3) is 0.400. The average Bonchev–Trinajstić information content (AvgIpc) is 2.28. The minimum Gasteiger partial charge on any atom is -0.214 e. The first kappa shape index (κ1) is 15.7. The summed E-state index contributed by atoms with van der Waals surface area (Å²) in [5.74, 6) is 1.24. The molecule has 0 saturated carbocycles. The molecule has 0 aliphatic heterocycles. The van der Waals surface area contributed by atoms with Gasteiger partial charge in [0.25, 0.3) is 9.84 Å². The van der Waals surface area contributed by atoms with Gasteiger partial charge in [-0.3, -0.25) is 0 Å². The summed E-state index contributed by atoms with van der Waals surface area (Å²) in [6, 6.07) is 4.65. The van der Waals surface area contributed by atoms with Crippen LogP contribution in [0.2, 0.25) is 0 Å². The van der Waals surface area contributed by atoms with Crippen molar-refractivity contribution in [3.63, 3.8) is 0 Å². The van der Waals surface area contributed by atoms with Gasteiger partial charge in [-0.2, -0.15) is 13.2 Å². The zero-order valence-corrected chi connectivity index (χ0v) is 11.5. The van der Waals surface area contributed by atoms with Crippen LogP contribution in [-0.4, -0.2) is 25.6 Å². The first-order valence-electron chi connectivity index (χ1n) is 4.89. The number of thioether (sulfide) groups is 1. The third-order valence-corrected chi connectivity index (χ3v) is 4.85. The van der Waals surface area contributed by atoms with Gasteiger partial charge < -0.3 is 0 Å². The van der Waals surface area contributed by atoms with Gasteiger partial charge in [0.15, 0.2) is 0 Å². The molecule has 0 aliphatic rings. The molecule has 1 aromatic rings. The van der Waals surface area contributed by atoms with Crippen LogP contribution in [-0.2, 0) is 9.84 Å². The van der Waals surface area contributed by atoms with Crippen LogP contribution in [0.1, 0.15) is 6.42 Å². The summed E-state index contributed by atoms with van der Waals surface area (Å²) in [4.78, 5) is -0.0297. The molecule has 2 nitrogen and oxygen atoms in total. The van der Waals surface area contributed by atoms with Crippen LogP contribution in [0.25, 0.3) is 0 Å². The molecule has 0 radical (unpaired) electrons.